The number of carbonyl (C=O) groups excluding carboxylic acids is 1. The van der Waals surface area contributed by atoms with E-state index in [1.807, 2.05) is 58.0 Å². The second-order valence-electron chi connectivity index (χ2n) is 5.74. The lowest BCUT2D eigenvalue weighted by molar-refractivity contribution is -0.112. The van der Waals surface area contributed by atoms with E-state index in [1.54, 1.807) is 6.08 Å². The van der Waals surface area contributed by atoms with Gasteiger partial charge in [0.25, 0.3) is 5.91 Å². The Kier molecular flexibility index (Phi) is 5.93. The van der Waals surface area contributed by atoms with Gasteiger partial charge in [0.2, 0.25) is 0 Å². The van der Waals surface area contributed by atoms with Crippen LogP contribution in [0.25, 0.3) is 11.3 Å². The highest BCUT2D eigenvalue weighted by molar-refractivity contribution is 7.15. The number of amides is 1. The van der Waals surface area contributed by atoms with Gasteiger partial charge in [-0.2, -0.15) is 0 Å². The monoisotopic (exact) mass is 353 g/mol. The standard InChI is InChI=1S/C20H23N3OS/c1-6-8-12(3)16(7-2)19(24)22-15-9-10-17(13(4)11-15)18-14(5)25-20(21)23-18/h6-11H,2H2,1,3-5H3,(H2,21,23)(H,22,24)/b8-6-,16-12+. The molecular weight excluding hydrogens is 330 g/mol. The van der Waals surface area contributed by atoms with Crippen molar-refractivity contribution in [3.8, 4) is 11.3 Å². The number of carbonyl (C=O) groups is 1. The van der Waals surface area contributed by atoms with Gasteiger partial charge in [-0.1, -0.05) is 30.9 Å². The minimum absolute atomic E-state index is 0.174. The second-order valence-corrected chi connectivity index (χ2v) is 6.98. The number of anilines is 2. The zero-order valence-electron chi connectivity index (χ0n) is 15.0. The lowest BCUT2D eigenvalue weighted by Gasteiger charge is -2.11. The second kappa shape index (κ2) is 7.94. The van der Waals surface area contributed by atoms with Gasteiger partial charge in [-0.05, 0) is 51.0 Å². The molecule has 3 N–H and O–H groups in total. The molecule has 0 bridgehead atoms. The van der Waals surface area contributed by atoms with Crippen LogP contribution in [0, 0.1) is 13.8 Å². The summed E-state index contributed by atoms with van der Waals surface area (Å²) < 4.78 is 0. The minimum atomic E-state index is -0.174. The van der Waals surface area contributed by atoms with Crippen molar-refractivity contribution in [2.45, 2.75) is 27.7 Å². The smallest absolute Gasteiger partial charge is 0.255 e. The summed E-state index contributed by atoms with van der Waals surface area (Å²) in [7, 11) is 0. The molecule has 0 unspecified atom stereocenters. The van der Waals surface area contributed by atoms with Crippen molar-refractivity contribution in [3.63, 3.8) is 0 Å². The number of hydrogen-bond donors (Lipinski definition) is 2. The molecule has 0 aliphatic rings. The number of nitrogen functional groups attached to an aromatic ring is 1. The number of thiazole rings is 1. The van der Waals surface area contributed by atoms with Gasteiger partial charge in [-0.15, -0.1) is 11.3 Å². The van der Waals surface area contributed by atoms with Crippen LogP contribution >= 0.6 is 11.3 Å². The highest BCUT2D eigenvalue weighted by Gasteiger charge is 2.13. The Morgan fingerprint density at radius 2 is 2.08 bits per heavy atom. The molecule has 4 nitrogen and oxygen atoms in total. The molecule has 25 heavy (non-hydrogen) atoms. The lowest BCUT2D eigenvalue weighted by Crippen LogP contribution is -2.14. The summed E-state index contributed by atoms with van der Waals surface area (Å²) in [6.07, 6.45) is 5.36. The van der Waals surface area contributed by atoms with Crippen molar-refractivity contribution in [2.24, 2.45) is 0 Å². The molecule has 0 fully saturated rings. The Morgan fingerprint density at radius 1 is 1.36 bits per heavy atom. The van der Waals surface area contributed by atoms with Gasteiger partial charge in [-0.3, -0.25) is 4.79 Å². The number of nitrogens with one attached hydrogen (secondary N) is 1. The predicted octanol–water partition coefficient (Wildman–Crippen LogP) is 5.03. The van der Waals surface area contributed by atoms with Crippen LogP contribution in [0.15, 0.2) is 54.2 Å². The normalized spacial score (nSPS) is 12.2. The molecule has 0 aliphatic carbocycles. The number of aryl methyl sites for hydroxylation is 2. The summed E-state index contributed by atoms with van der Waals surface area (Å²) in [6.45, 7) is 11.5. The van der Waals surface area contributed by atoms with Crippen molar-refractivity contribution in [1.29, 1.82) is 0 Å². The third-order valence-corrected chi connectivity index (χ3v) is 4.64. The number of benzene rings is 1. The quantitative estimate of drug-likeness (QED) is 0.585. The van der Waals surface area contributed by atoms with E-state index in [0.29, 0.717) is 10.7 Å². The Hall–Kier alpha value is -2.66. The van der Waals surface area contributed by atoms with E-state index in [9.17, 15) is 4.79 Å². The maximum atomic E-state index is 12.5. The van der Waals surface area contributed by atoms with Crippen LogP contribution in [0.2, 0.25) is 0 Å². The fraction of sp³-hybridized carbons (Fsp3) is 0.200. The minimum Gasteiger partial charge on any atom is -0.375 e. The first-order valence-corrected chi connectivity index (χ1v) is 8.80. The maximum absolute atomic E-state index is 12.5. The number of nitrogens with two attached hydrogens (primary N) is 1. The average molecular weight is 353 g/mol. The molecule has 0 saturated carbocycles. The summed E-state index contributed by atoms with van der Waals surface area (Å²) in [6, 6.07) is 5.78. The highest BCUT2D eigenvalue weighted by Crippen LogP contribution is 2.32. The summed E-state index contributed by atoms with van der Waals surface area (Å²) in [5.41, 5.74) is 10.9. The first kappa shape index (κ1) is 18.7. The number of rotatable bonds is 5. The van der Waals surface area contributed by atoms with Gasteiger partial charge in [0.15, 0.2) is 5.13 Å². The molecule has 2 aromatic rings. The number of hydrogen-bond acceptors (Lipinski definition) is 4. The first-order chi connectivity index (χ1) is 11.9. The van der Waals surface area contributed by atoms with Gasteiger partial charge in [0.05, 0.1) is 5.69 Å². The molecule has 5 heteroatoms. The zero-order chi connectivity index (χ0) is 18.6. The van der Waals surface area contributed by atoms with E-state index in [4.69, 9.17) is 5.73 Å². The Morgan fingerprint density at radius 3 is 2.60 bits per heavy atom. The van der Waals surface area contributed by atoms with E-state index in [1.165, 1.54) is 11.3 Å². The molecular formula is C20H23N3OS. The van der Waals surface area contributed by atoms with Crippen LogP contribution < -0.4 is 11.1 Å². The molecule has 1 heterocycles. The van der Waals surface area contributed by atoms with Crippen LogP contribution in [0.4, 0.5) is 10.8 Å². The molecule has 0 aliphatic heterocycles. The van der Waals surface area contributed by atoms with Gasteiger partial charge in [0, 0.05) is 21.7 Å². The van der Waals surface area contributed by atoms with Gasteiger partial charge in [-0.25, -0.2) is 4.98 Å². The Labute approximate surface area is 152 Å². The summed E-state index contributed by atoms with van der Waals surface area (Å²) in [5, 5.41) is 3.49. The van der Waals surface area contributed by atoms with Gasteiger partial charge >= 0.3 is 0 Å². The largest absolute Gasteiger partial charge is 0.375 e. The molecule has 0 spiro atoms. The van der Waals surface area contributed by atoms with Crippen LogP contribution in [0.3, 0.4) is 0 Å². The average Bonchev–Trinajstić information content (AvgIpc) is 2.86. The van der Waals surface area contributed by atoms with E-state index in [-0.39, 0.29) is 5.91 Å². The highest BCUT2D eigenvalue weighted by atomic mass is 32.1. The molecule has 1 amide bonds. The molecule has 0 radical (unpaired) electrons. The molecule has 0 saturated heterocycles. The van der Waals surface area contributed by atoms with Crippen molar-refractivity contribution in [2.75, 3.05) is 11.1 Å². The molecule has 1 aromatic heterocycles. The van der Waals surface area contributed by atoms with E-state index in [2.05, 4.69) is 16.9 Å². The van der Waals surface area contributed by atoms with Crippen LogP contribution in [0.1, 0.15) is 24.3 Å². The number of aromatic nitrogens is 1. The fourth-order valence-electron chi connectivity index (χ4n) is 2.64. The molecule has 0 atom stereocenters. The van der Waals surface area contributed by atoms with Crippen molar-refractivity contribution < 1.29 is 4.79 Å². The molecule has 1 aromatic carbocycles. The van der Waals surface area contributed by atoms with Crippen LogP contribution in [-0.2, 0) is 4.79 Å². The van der Waals surface area contributed by atoms with E-state index >= 15 is 0 Å². The third kappa shape index (κ3) is 4.25. The summed E-state index contributed by atoms with van der Waals surface area (Å²) >= 11 is 1.48. The Balaban J connectivity index is 2.29. The van der Waals surface area contributed by atoms with E-state index < -0.39 is 0 Å². The molecule has 130 valence electrons. The van der Waals surface area contributed by atoms with Crippen molar-refractivity contribution >= 4 is 28.1 Å². The summed E-state index contributed by atoms with van der Waals surface area (Å²) in [4.78, 5) is 18.0. The van der Waals surface area contributed by atoms with Gasteiger partial charge in [0.1, 0.15) is 0 Å². The van der Waals surface area contributed by atoms with Crippen LogP contribution in [0.5, 0.6) is 0 Å². The maximum Gasteiger partial charge on any atom is 0.255 e. The SMILES string of the molecule is C=C/C(C(=O)Nc1ccc(-c2nc(N)sc2C)c(C)c1)=C(C)\C=C/C. The number of allylic oxidation sites excluding steroid dienone is 3. The van der Waals surface area contributed by atoms with Crippen molar-refractivity contribution in [3.05, 3.63) is 64.6 Å². The van der Waals surface area contributed by atoms with Crippen molar-refractivity contribution in [1.82, 2.24) is 4.98 Å². The Bertz CT molecular complexity index is 875. The third-order valence-electron chi connectivity index (χ3n) is 3.84. The number of nitrogens with zero attached hydrogens (tertiary/aromatic N) is 1. The fourth-order valence-corrected chi connectivity index (χ4v) is 3.35. The zero-order valence-corrected chi connectivity index (χ0v) is 15.8. The van der Waals surface area contributed by atoms with E-state index in [0.717, 1.165) is 33.0 Å². The predicted molar refractivity (Wildman–Crippen MR) is 108 cm³/mol. The van der Waals surface area contributed by atoms with Crippen LogP contribution in [-0.4, -0.2) is 10.9 Å². The summed E-state index contributed by atoms with van der Waals surface area (Å²) in [5.74, 6) is -0.174. The first-order valence-electron chi connectivity index (χ1n) is 7.98. The topological polar surface area (TPSA) is 68.0 Å². The lowest BCUT2D eigenvalue weighted by atomic mass is 10.0. The molecule has 2 rings (SSSR count). The van der Waals surface area contributed by atoms with Gasteiger partial charge < -0.3 is 11.1 Å².